The molecule has 0 nitrogen and oxygen atoms in total. The molecule has 0 heterocycles. The summed E-state index contributed by atoms with van der Waals surface area (Å²) in [5, 5.41) is 0. The summed E-state index contributed by atoms with van der Waals surface area (Å²) in [4.78, 5) is 0. The van der Waals surface area contributed by atoms with Gasteiger partial charge in [-0.05, 0) is 47.6 Å². The molecular formula is C10H8F5I. The van der Waals surface area contributed by atoms with Crippen LogP contribution in [0, 0.1) is 17.4 Å². The zero-order chi connectivity index (χ0) is 12.7. The Morgan fingerprint density at radius 1 is 0.938 bits per heavy atom. The highest BCUT2D eigenvalue weighted by Crippen LogP contribution is 2.46. The Balaban J connectivity index is 3.50. The Hall–Kier alpha value is -0.400. The maximum atomic E-state index is 13.2. The fourth-order valence-electron chi connectivity index (χ4n) is 1.30. The van der Waals surface area contributed by atoms with E-state index in [4.69, 9.17) is 0 Å². The molecule has 0 saturated carbocycles. The van der Waals surface area contributed by atoms with Crippen LogP contribution < -0.4 is 0 Å². The van der Waals surface area contributed by atoms with Crippen molar-refractivity contribution in [3.63, 3.8) is 0 Å². The Kier molecular flexibility index (Phi) is 3.52. The zero-order valence-electron chi connectivity index (χ0n) is 8.42. The number of alkyl halides is 5. The molecule has 0 radical (unpaired) electrons. The Labute approximate surface area is 103 Å². The van der Waals surface area contributed by atoms with Crippen molar-refractivity contribution in [3.8, 4) is 0 Å². The average Bonchev–Trinajstić information content (AvgIpc) is 2.10. The van der Waals surface area contributed by atoms with E-state index in [9.17, 15) is 22.0 Å². The number of rotatable bonds is 1. The van der Waals surface area contributed by atoms with Crippen LogP contribution in [0.2, 0.25) is 0 Å². The quantitative estimate of drug-likeness (QED) is 0.515. The van der Waals surface area contributed by atoms with Gasteiger partial charge in [0.15, 0.2) is 0 Å². The van der Waals surface area contributed by atoms with E-state index in [-0.39, 0.29) is 9.13 Å². The molecule has 16 heavy (non-hydrogen) atoms. The van der Waals surface area contributed by atoms with E-state index < -0.39 is 17.7 Å². The van der Waals surface area contributed by atoms with Gasteiger partial charge in [-0.1, -0.05) is 12.1 Å². The van der Waals surface area contributed by atoms with Gasteiger partial charge in [0, 0.05) is 9.13 Å². The first-order valence-corrected chi connectivity index (χ1v) is 5.37. The first kappa shape index (κ1) is 13.7. The Morgan fingerprint density at radius 3 is 1.81 bits per heavy atom. The van der Waals surface area contributed by atoms with Gasteiger partial charge in [-0.15, -0.1) is 0 Å². The molecule has 90 valence electrons. The molecule has 0 N–H and O–H groups in total. The fraction of sp³-hybridized carbons (Fsp3) is 0.400. The number of benzene rings is 1. The molecule has 6 heteroatoms. The van der Waals surface area contributed by atoms with Gasteiger partial charge < -0.3 is 0 Å². The molecule has 0 spiro atoms. The summed E-state index contributed by atoms with van der Waals surface area (Å²) in [6.07, 6.45) is -5.56. The lowest BCUT2D eigenvalue weighted by atomic mass is 10.00. The highest BCUT2D eigenvalue weighted by molar-refractivity contribution is 14.1. The summed E-state index contributed by atoms with van der Waals surface area (Å²) < 4.78 is 63.2. The first-order chi connectivity index (χ1) is 7.09. The minimum atomic E-state index is -5.56. The molecule has 0 fully saturated rings. The highest BCUT2D eigenvalue weighted by atomic mass is 127. The topological polar surface area (TPSA) is 0 Å². The van der Waals surface area contributed by atoms with Gasteiger partial charge in [0.25, 0.3) is 0 Å². The molecule has 1 rings (SSSR count). The lowest BCUT2D eigenvalue weighted by Crippen LogP contribution is -2.35. The average molecular weight is 350 g/mol. The number of aryl methyl sites for hydroxylation is 2. The smallest absolute Gasteiger partial charge is 0.191 e. The largest absolute Gasteiger partial charge is 0.458 e. The summed E-state index contributed by atoms with van der Waals surface area (Å²) >= 11 is 1.52. The van der Waals surface area contributed by atoms with Crippen LogP contribution in [0.4, 0.5) is 22.0 Å². The summed E-state index contributed by atoms with van der Waals surface area (Å²) in [6, 6.07) is 2.79. The Morgan fingerprint density at radius 2 is 1.38 bits per heavy atom. The van der Waals surface area contributed by atoms with E-state index in [1.807, 2.05) is 0 Å². The number of hydrogen-bond donors (Lipinski definition) is 0. The van der Waals surface area contributed by atoms with E-state index >= 15 is 0 Å². The van der Waals surface area contributed by atoms with Crippen molar-refractivity contribution in [1.29, 1.82) is 0 Å². The van der Waals surface area contributed by atoms with Crippen molar-refractivity contribution < 1.29 is 22.0 Å². The molecule has 0 saturated heterocycles. The SMILES string of the molecule is Cc1ccc(C)c(C(F)(F)C(F)(F)F)c1I. The third-order valence-corrected chi connectivity index (χ3v) is 3.60. The van der Waals surface area contributed by atoms with E-state index in [0.717, 1.165) is 0 Å². The molecule has 1 aromatic rings. The standard InChI is InChI=1S/C10H8F5I/c1-5-3-4-6(2)8(16)7(5)9(11,12)10(13,14)15/h3-4H,1-2H3. The van der Waals surface area contributed by atoms with Crippen LogP contribution in [-0.4, -0.2) is 6.18 Å². The number of halogens is 6. The molecule has 1 aromatic carbocycles. The summed E-state index contributed by atoms with van der Waals surface area (Å²) in [7, 11) is 0. The first-order valence-electron chi connectivity index (χ1n) is 4.29. The van der Waals surface area contributed by atoms with E-state index in [1.165, 1.54) is 48.6 Å². The van der Waals surface area contributed by atoms with Crippen LogP contribution in [0.1, 0.15) is 16.7 Å². The maximum absolute atomic E-state index is 13.2. The second-order valence-corrected chi connectivity index (χ2v) is 4.54. The minimum Gasteiger partial charge on any atom is -0.191 e. The third-order valence-electron chi connectivity index (χ3n) is 2.21. The van der Waals surface area contributed by atoms with Gasteiger partial charge in [-0.25, -0.2) is 0 Å². The van der Waals surface area contributed by atoms with Gasteiger partial charge >= 0.3 is 12.1 Å². The second kappa shape index (κ2) is 4.12. The van der Waals surface area contributed by atoms with Crippen molar-refractivity contribution in [3.05, 3.63) is 32.4 Å². The highest BCUT2D eigenvalue weighted by Gasteiger charge is 2.60. The van der Waals surface area contributed by atoms with E-state index in [1.54, 1.807) is 0 Å². The van der Waals surface area contributed by atoms with Crippen molar-refractivity contribution in [1.82, 2.24) is 0 Å². The van der Waals surface area contributed by atoms with Gasteiger partial charge in [-0.2, -0.15) is 22.0 Å². The van der Waals surface area contributed by atoms with Gasteiger partial charge in [0.2, 0.25) is 0 Å². The molecule has 0 amide bonds. The lowest BCUT2D eigenvalue weighted by molar-refractivity contribution is -0.289. The zero-order valence-corrected chi connectivity index (χ0v) is 10.6. The Bertz CT molecular complexity index is 408. The van der Waals surface area contributed by atoms with Crippen LogP contribution in [0.25, 0.3) is 0 Å². The van der Waals surface area contributed by atoms with Gasteiger partial charge in [0.1, 0.15) is 0 Å². The van der Waals surface area contributed by atoms with Crippen molar-refractivity contribution in [2.45, 2.75) is 25.9 Å². The van der Waals surface area contributed by atoms with Crippen molar-refractivity contribution in [2.24, 2.45) is 0 Å². The normalized spacial score (nSPS) is 13.0. The third kappa shape index (κ3) is 2.16. The van der Waals surface area contributed by atoms with Gasteiger partial charge in [0.05, 0.1) is 0 Å². The molecule has 0 atom stereocenters. The fourth-order valence-corrected chi connectivity index (χ4v) is 2.25. The second-order valence-electron chi connectivity index (χ2n) is 3.46. The van der Waals surface area contributed by atoms with E-state index in [0.29, 0.717) is 5.56 Å². The minimum absolute atomic E-state index is 0.0417. The molecule has 0 aliphatic rings. The maximum Gasteiger partial charge on any atom is 0.458 e. The predicted octanol–water partition coefficient (Wildman–Crippen LogP) is 4.56. The van der Waals surface area contributed by atoms with Crippen LogP contribution >= 0.6 is 22.6 Å². The lowest BCUT2D eigenvalue weighted by Gasteiger charge is -2.23. The molecule has 0 aromatic heterocycles. The number of hydrogen-bond acceptors (Lipinski definition) is 0. The van der Waals surface area contributed by atoms with Crippen molar-refractivity contribution >= 4 is 22.6 Å². The van der Waals surface area contributed by atoms with Crippen molar-refractivity contribution in [2.75, 3.05) is 0 Å². The van der Waals surface area contributed by atoms with Gasteiger partial charge in [-0.3, -0.25) is 0 Å². The molecule has 0 unspecified atom stereocenters. The van der Waals surface area contributed by atoms with E-state index in [2.05, 4.69) is 0 Å². The molecule has 0 aliphatic carbocycles. The van der Waals surface area contributed by atoms with Crippen LogP contribution in [-0.2, 0) is 5.92 Å². The molecule has 0 aliphatic heterocycles. The summed E-state index contributed by atoms with van der Waals surface area (Å²) in [5.41, 5.74) is -0.594. The molecular weight excluding hydrogens is 342 g/mol. The van der Waals surface area contributed by atoms with Crippen LogP contribution in [0.5, 0.6) is 0 Å². The monoisotopic (exact) mass is 350 g/mol. The summed E-state index contributed by atoms with van der Waals surface area (Å²) in [5.74, 6) is -4.81. The molecule has 0 bridgehead atoms. The summed E-state index contributed by atoms with van der Waals surface area (Å²) in [6.45, 7) is 2.74. The van der Waals surface area contributed by atoms with Crippen LogP contribution in [0.3, 0.4) is 0 Å². The predicted molar refractivity (Wildman–Crippen MR) is 58.6 cm³/mol. The van der Waals surface area contributed by atoms with Crippen LogP contribution in [0.15, 0.2) is 12.1 Å².